The first kappa shape index (κ1) is 20.8. The van der Waals surface area contributed by atoms with Crippen LogP contribution >= 0.6 is 0 Å². The molecular weight excluding hydrogens is 399 g/mol. The summed E-state index contributed by atoms with van der Waals surface area (Å²) >= 11 is 0. The van der Waals surface area contributed by atoms with E-state index in [0.717, 1.165) is 12.8 Å². The Labute approximate surface area is 168 Å². The molecule has 1 amide bonds. The van der Waals surface area contributed by atoms with Crippen molar-refractivity contribution in [1.82, 2.24) is 5.32 Å². The van der Waals surface area contributed by atoms with Crippen LogP contribution in [0.25, 0.3) is 0 Å². The molecule has 2 N–H and O–H groups in total. The number of anilines is 1. The van der Waals surface area contributed by atoms with Crippen LogP contribution in [0.3, 0.4) is 0 Å². The van der Waals surface area contributed by atoms with Gasteiger partial charge in [0.1, 0.15) is 5.82 Å². The summed E-state index contributed by atoms with van der Waals surface area (Å²) < 4.78 is 46.1. The van der Waals surface area contributed by atoms with E-state index in [0.29, 0.717) is 0 Å². The molecule has 0 bridgehead atoms. The maximum Gasteiger partial charge on any atom is 0.338 e. The maximum absolute atomic E-state index is 13.7. The average molecular weight is 420 g/mol. The number of carbonyl (C=O) groups is 2. The fourth-order valence-electron chi connectivity index (χ4n) is 2.59. The predicted octanol–water partition coefficient (Wildman–Crippen LogP) is 2.76. The average Bonchev–Trinajstić information content (AvgIpc) is 3.48. The third kappa shape index (κ3) is 5.11. The van der Waals surface area contributed by atoms with Crippen molar-refractivity contribution in [2.45, 2.75) is 43.7 Å². The van der Waals surface area contributed by atoms with Gasteiger partial charge < -0.3 is 10.1 Å². The van der Waals surface area contributed by atoms with Gasteiger partial charge in [-0.15, -0.1) is 0 Å². The van der Waals surface area contributed by atoms with E-state index in [4.69, 9.17) is 4.74 Å². The smallest absolute Gasteiger partial charge is 0.338 e. The van der Waals surface area contributed by atoms with Crippen molar-refractivity contribution in [3.8, 4) is 0 Å². The van der Waals surface area contributed by atoms with Crippen LogP contribution in [0, 0.1) is 12.7 Å². The zero-order chi connectivity index (χ0) is 21.2. The van der Waals surface area contributed by atoms with E-state index in [9.17, 15) is 22.4 Å². The summed E-state index contributed by atoms with van der Waals surface area (Å²) in [5, 5.41) is 2.75. The molecule has 2 aromatic carbocycles. The Balaban J connectivity index is 1.65. The molecule has 1 fully saturated rings. The first-order valence-corrected chi connectivity index (χ1v) is 10.5. The summed E-state index contributed by atoms with van der Waals surface area (Å²) in [7, 11) is -3.99. The molecule has 1 atom stereocenters. The Morgan fingerprint density at radius 2 is 1.79 bits per heavy atom. The predicted molar refractivity (Wildman–Crippen MR) is 104 cm³/mol. The number of hydrogen-bond acceptors (Lipinski definition) is 5. The molecule has 9 heteroatoms. The molecule has 0 radical (unpaired) electrons. The van der Waals surface area contributed by atoms with E-state index in [1.165, 1.54) is 56.3 Å². The molecule has 0 aliphatic heterocycles. The Morgan fingerprint density at radius 3 is 2.41 bits per heavy atom. The number of halogens is 1. The number of benzene rings is 2. The Hall–Kier alpha value is -2.94. The molecule has 0 heterocycles. The van der Waals surface area contributed by atoms with Crippen LogP contribution in [0.4, 0.5) is 10.1 Å². The zero-order valence-electron chi connectivity index (χ0n) is 15.9. The van der Waals surface area contributed by atoms with E-state index in [-0.39, 0.29) is 33.7 Å². The lowest BCUT2D eigenvalue weighted by molar-refractivity contribution is -0.129. The molecule has 0 spiro atoms. The van der Waals surface area contributed by atoms with E-state index in [1.807, 2.05) is 0 Å². The molecule has 2 aromatic rings. The molecule has 3 rings (SSSR count). The van der Waals surface area contributed by atoms with Gasteiger partial charge in [-0.25, -0.2) is 17.6 Å². The lowest BCUT2D eigenvalue weighted by Crippen LogP contribution is -2.37. The van der Waals surface area contributed by atoms with Crippen molar-refractivity contribution >= 4 is 27.6 Å². The maximum atomic E-state index is 13.7. The number of esters is 1. The van der Waals surface area contributed by atoms with Crippen molar-refractivity contribution in [2.75, 3.05) is 4.72 Å². The molecule has 0 unspecified atom stereocenters. The van der Waals surface area contributed by atoms with E-state index >= 15 is 0 Å². The summed E-state index contributed by atoms with van der Waals surface area (Å²) in [4.78, 5) is 23.9. The van der Waals surface area contributed by atoms with Gasteiger partial charge in [-0.3, -0.25) is 9.52 Å². The molecule has 154 valence electrons. The van der Waals surface area contributed by atoms with E-state index in [1.54, 1.807) is 0 Å². The van der Waals surface area contributed by atoms with Crippen LogP contribution in [0.1, 0.15) is 35.7 Å². The van der Waals surface area contributed by atoms with Crippen LogP contribution in [-0.2, 0) is 19.6 Å². The van der Waals surface area contributed by atoms with Gasteiger partial charge in [0.25, 0.3) is 15.9 Å². The van der Waals surface area contributed by atoms with Gasteiger partial charge in [-0.1, -0.05) is 6.07 Å². The molecule has 0 aromatic heterocycles. The Bertz CT molecular complexity index is 1030. The highest BCUT2D eigenvalue weighted by Crippen LogP contribution is 2.22. The first-order valence-electron chi connectivity index (χ1n) is 9.07. The van der Waals surface area contributed by atoms with Gasteiger partial charge in [-0.2, -0.15) is 0 Å². The molecule has 0 saturated heterocycles. The normalized spacial score (nSPS) is 14.7. The van der Waals surface area contributed by atoms with Crippen LogP contribution in [0.15, 0.2) is 47.4 Å². The highest BCUT2D eigenvalue weighted by molar-refractivity contribution is 7.92. The number of amides is 1. The SMILES string of the molecule is Cc1c(F)cccc1S(=O)(=O)Nc1ccc(C(=O)O[C@H](C)C(=O)NC2CC2)cc1. The summed E-state index contributed by atoms with van der Waals surface area (Å²) in [6.07, 6.45) is 0.926. The number of rotatable bonds is 7. The number of nitrogens with one attached hydrogen (secondary N) is 2. The minimum absolute atomic E-state index is 0.0126. The quantitative estimate of drug-likeness (QED) is 0.671. The highest BCUT2D eigenvalue weighted by atomic mass is 32.2. The van der Waals surface area contributed by atoms with Crippen LogP contribution < -0.4 is 10.0 Å². The highest BCUT2D eigenvalue weighted by Gasteiger charge is 2.27. The molecule has 1 saturated carbocycles. The third-order valence-corrected chi connectivity index (χ3v) is 5.98. The van der Waals surface area contributed by atoms with Gasteiger partial charge in [-0.05, 0) is 63.1 Å². The van der Waals surface area contributed by atoms with Crippen molar-refractivity contribution in [3.05, 3.63) is 59.4 Å². The number of hydrogen-bond donors (Lipinski definition) is 2. The third-order valence-electron chi connectivity index (χ3n) is 4.46. The lowest BCUT2D eigenvalue weighted by Gasteiger charge is -2.14. The van der Waals surface area contributed by atoms with Crippen molar-refractivity contribution in [2.24, 2.45) is 0 Å². The number of carbonyl (C=O) groups excluding carboxylic acids is 2. The summed E-state index contributed by atoms with van der Waals surface area (Å²) in [5.41, 5.74) is 0.379. The second kappa shape index (κ2) is 8.20. The lowest BCUT2D eigenvalue weighted by atomic mass is 10.2. The topological polar surface area (TPSA) is 102 Å². The Kier molecular flexibility index (Phi) is 5.88. The van der Waals surface area contributed by atoms with Gasteiger partial charge in [0.2, 0.25) is 0 Å². The molecular formula is C20H21FN2O5S. The van der Waals surface area contributed by atoms with Crippen LogP contribution in [0.2, 0.25) is 0 Å². The fraction of sp³-hybridized carbons (Fsp3) is 0.300. The summed E-state index contributed by atoms with van der Waals surface area (Å²) in [6.45, 7) is 2.86. The van der Waals surface area contributed by atoms with Gasteiger partial charge in [0.15, 0.2) is 6.10 Å². The molecule has 1 aliphatic carbocycles. The standard InChI is InChI=1S/C20H21FN2O5S/c1-12-17(21)4-3-5-18(12)29(26,27)23-16-8-6-14(7-9-16)20(25)28-13(2)19(24)22-15-10-11-15/h3-9,13,15,23H,10-11H2,1-2H3,(H,22,24)/t13-/m1/s1. The molecule has 29 heavy (non-hydrogen) atoms. The number of ether oxygens (including phenoxy) is 1. The zero-order valence-corrected chi connectivity index (χ0v) is 16.8. The monoisotopic (exact) mass is 420 g/mol. The van der Waals surface area contributed by atoms with Crippen LogP contribution in [0.5, 0.6) is 0 Å². The van der Waals surface area contributed by atoms with Crippen molar-refractivity contribution in [3.63, 3.8) is 0 Å². The summed E-state index contributed by atoms with van der Waals surface area (Å²) in [6, 6.07) is 9.50. The van der Waals surface area contributed by atoms with E-state index < -0.39 is 27.9 Å². The van der Waals surface area contributed by atoms with E-state index in [2.05, 4.69) is 10.0 Å². The second-order valence-corrected chi connectivity index (χ2v) is 8.53. The second-order valence-electron chi connectivity index (χ2n) is 6.88. The van der Waals surface area contributed by atoms with Gasteiger partial charge in [0.05, 0.1) is 10.5 Å². The summed E-state index contributed by atoms with van der Waals surface area (Å²) in [5.74, 6) is -1.67. The molecule has 1 aliphatic rings. The van der Waals surface area contributed by atoms with Gasteiger partial charge >= 0.3 is 5.97 Å². The fourth-order valence-corrected chi connectivity index (χ4v) is 3.91. The van der Waals surface area contributed by atoms with Crippen molar-refractivity contribution in [1.29, 1.82) is 0 Å². The minimum Gasteiger partial charge on any atom is -0.449 e. The van der Waals surface area contributed by atoms with Crippen molar-refractivity contribution < 1.29 is 27.1 Å². The largest absolute Gasteiger partial charge is 0.449 e. The first-order chi connectivity index (χ1) is 13.7. The molecule has 7 nitrogen and oxygen atoms in total. The number of sulfonamides is 1. The Morgan fingerprint density at radius 1 is 1.14 bits per heavy atom. The van der Waals surface area contributed by atoms with Crippen LogP contribution in [-0.4, -0.2) is 32.4 Å². The minimum atomic E-state index is -3.99. The van der Waals surface area contributed by atoms with Gasteiger partial charge in [0, 0.05) is 17.3 Å².